The fourth-order valence-corrected chi connectivity index (χ4v) is 0.204. The van der Waals surface area contributed by atoms with Crippen LogP contribution in [0, 0.1) is 0 Å². The molecule has 0 radical (unpaired) electrons. The molecule has 0 atom stereocenters. The van der Waals surface area contributed by atoms with Crippen molar-refractivity contribution in [1.82, 2.24) is 0 Å². The summed E-state index contributed by atoms with van der Waals surface area (Å²) in [7, 11) is -1.80. The minimum atomic E-state index is -6.00. The van der Waals surface area contributed by atoms with Gasteiger partial charge in [-0.25, -0.2) is 0 Å². The molecule has 0 amide bonds. The van der Waals surface area contributed by atoms with Crippen LogP contribution in [0.3, 0.4) is 0 Å². The molecule has 0 rings (SSSR count). The van der Waals surface area contributed by atoms with E-state index in [2.05, 4.69) is 14.7 Å². The van der Waals surface area contributed by atoms with Gasteiger partial charge < -0.3 is 17.3 Å². The van der Waals surface area contributed by atoms with Crippen LogP contribution >= 0.6 is 0 Å². The summed E-state index contributed by atoms with van der Waals surface area (Å²) in [5, 5.41) is 0. The summed E-state index contributed by atoms with van der Waals surface area (Å²) in [6, 6.07) is 0. The van der Waals surface area contributed by atoms with E-state index in [-0.39, 0.29) is 0 Å². The molecular formula is C3H9BF4O4. The van der Waals surface area contributed by atoms with Crippen molar-refractivity contribution in [2.45, 2.75) is 0 Å². The molecule has 0 N–H and O–H groups in total. The van der Waals surface area contributed by atoms with Crippen LogP contribution in [0.1, 0.15) is 0 Å². The molecule has 0 spiro atoms. The third kappa shape index (κ3) is 22.6. The molecule has 76 valence electrons. The summed E-state index contributed by atoms with van der Waals surface area (Å²) >= 11 is 0. The van der Waals surface area contributed by atoms with Crippen LogP contribution in [0.5, 0.6) is 0 Å². The standard InChI is InChI=1S/C3H9O4.BF4/c1-4-7(5-2)6-3;2-1(3,4)5/h1-3H3;/q+1;-1. The fraction of sp³-hybridized carbons (Fsp3) is 1.00. The molecular weight excluding hydrogens is 187 g/mol. The first kappa shape index (κ1) is 14.2. The number of rotatable bonds is 3. The predicted molar refractivity (Wildman–Crippen MR) is 32.3 cm³/mol. The van der Waals surface area contributed by atoms with Gasteiger partial charge in [-0.1, -0.05) is 0 Å². The van der Waals surface area contributed by atoms with Gasteiger partial charge in [0.05, 0.1) is 0 Å². The van der Waals surface area contributed by atoms with Crippen molar-refractivity contribution in [2.24, 2.45) is 0 Å². The Kier molecular flexibility index (Phi) is 8.60. The second kappa shape index (κ2) is 7.28. The number of hydrogen-bond acceptors (Lipinski definition) is 3. The third-order valence-electron chi connectivity index (χ3n) is 0.408. The predicted octanol–water partition coefficient (Wildman–Crippen LogP) is 1.52. The SMILES string of the molecule is CO[O+](OC)OC.F[B-](F)(F)F. The van der Waals surface area contributed by atoms with Gasteiger partial charge in [0.15, 0.2) is 0 Å². The average molecular weight is 196 g/mol. The molecule has 0 aromatic heterocycles. The van der Waals surface area contributed by atoms with Crippen LogP contribution in [0.2, 0.25) is 0 Å². The van der Waals surface area contributed by atoms with Gasteiger partial charge in [-0.2, -0.15) is 0 Å². The Bertz CT molecular complexity index is 83.3. The largest absolute Gasteiger partial charge is 0.673 e. The Balaban J connectivity index is 0. The Morgan fingerprint density at radius 2 is 1.00 bits per heavy atom. The van der Waals surface area contributed by atoms with Crippen molar-refractivity contribution < 1.29 is 36.7 Å². The summed E-state index contributed by atoms with van der Waals surface area (Å²) in [6.45, 7) is 0. The van der Waals surface area contributed by atoms with E-state index in [0.29, 0.717) is 0 Å². The van der Waals surface area contributed by atoms with Crippen molar-refractivity contribution in [1.29, 1.82) is 0 Å². The van der Waals surface area contributed by atoms with Gasteiger partial charge in [0.2, 0.25) is 0 Å². The number of halogens is 4. The molecule has 0 unspecified atom stereocenters. The molecule has 0 saturated carbocycles. The molecule has 0 saturated heterocycles. The lowest BCUT2D eigenvalue weighted by molar-refractivity contribution is -0.793. The van der Waals surface area contributed by atoms with E-state index in [1.165, 1.54) is 21.3 Å². The molecule has 0 aliphatic heterocycles. The third-order valence-corrected chi connectivity index (χ3v) is 0.408. The highest BCUT2D eigenvalue weighted by Gasteiger charge is 2.20. The van der Waals surface area contributed by atoms with Gasteiger partial charge in [0.25, 0.3) is 0 Å². The number of hydrogen-bond donors (Lipinski definition) is 0. The zero-order valence-corrected chi connectivity index (χ0v) is 6.72. The Labute approximate surface area is 66.6 Å². The smallest absolute Gasteiger partial charge is 0.418 e. The van der Waals surface area contributed by atoms with E-state index in [1.807, 2.05) is 0 Å². The zero-order chi connectivity index (χ0) is 10.2. The van der Waals surface area contributed by atoms with Crippen LogP contribution in [-0.2, 0) is 19.5 Å². The van der Waals surface area contributed by atoms with Gasteiger partial charge >= 0.3 is 7.25 Å². The first-order chi connectivity index (χ1) is 5.35. The van der Waals surface area contributed by atoms with Crippen molar-refractivity contribution in [3.63, 3.8) is 0 Å². The van der Waals surface area contributed by atoms with Crippen molar-refractivity contribution in [2.75, 3.05) is 21.3 Å². The molecule has 0 bridgehead atoms. The van der Waals surface area contributed by atoms with Crippen LogP contribution < -0.4 is 0 Å². The van der Waals surface area contributed by atoms with Crippen molar-refractivity contribution in [3.8, 4) is 0 Å². The maximum Gasteiger partial charge on any atom is 0.673 e. The second-order valence-electron chi connectivity index (χ2n) is 1.20. The Hall–Kier alpha value is -0.375. The Morgan fingerprint density at radius 3 is 1.00 bits per heavy atom. The van der Waals surface area contributed by atoms with Gasteiger partial charge in [-0.05, 0) is 14.7 Å². The van der Waals surface area contributed by atoms with Crippen LogP contribution in [0.15, 0.2) is 0 Å². The van der Waals surface area contributed by atoms with E-state index < -0.39 is 7.25 Å². The van der Waals surface area contributed by atoms with Gasteiger partial charge in [0, 0.05) is 0 Å². The summed E-state index contributed by atoms with van der Waals surface area (Å²) < 4.78 is 39.0. The second-order valence-corrected chi connectivity index (χ2v) is 1.20. The lowest BCUT2D eigenvalue weighted by Gasteiger charge is -1.95. The fourth-order valence-electron chi connectivity index (χ4n) is 0.204. The van der Waals surface area contributed by atoms with Gasteiger partial charge in [0.1, 0.15) is 26.1 Å². The first-order valence-electron chi connectivity index (χ1n) is 2.60. The highest BCUT2D eigenvalue weighted by atomic mass is 19.5. The highest BCUT2D eigenvalue weighted by Crippen LogP contribution is 2.06. The van der Waals surface area contributed by atoms with Crippen molar-refractivity contribution in [3.05, 3.63) is 0 Å². The van der Waals surface area contributed by atoms with Gasteiger partial charge in [-0.3, -0.25) is 0 Å². The molecule has 12 heavy (non-hydrogen) atoms. The molecule has 0 aromatic carbocycles. The van der Waals surface area contributed by atoms with Crippen molar-refractivity contribution >= 4 is 7.25 Å². The molecule has 0 fully saturated rings. The van der Waals surface area contributed by atoms with Crippen LogP contribution in [0.4, 0.5) is 17.3 Å². The lowest BCUT2D eigenvalue weighted by atomic mass is 10.3. The summed E-state index contributed by atoms with van der Waals surface area (Å²) in [6.07, 6.45) is 0. The molecule has 0 aromatic rings. The summed E-state index contributed by atoms with van der Waals surface area (Å²) in [4.78, 5) is 14.6. The van der Waals surface area contributed by atoms with Crippen LogP contribution in [-0.4, -0.2) is 28.6 Å². The Morgan fingerprint density at radius 1 is 0.833 bits per heavy atom. The molecule has 9 heteroatoms. The topological polar surface area (TPSA) is 30.4 Å². The van der Waals surface area contributed by atoms with Gasteiger partial charge in [-0.15, -0.1) is 0 Å². The monoisotopic (exact) mass is 196 g/mol. The maximum absolute atomic E-state index is 9.75. The van der Waals surface area contributed by atoms with E-state index in [0.717, 1.165) is 0 Å². The maximum atomic E-state index is 9.75. The summed E-state index contributed by atoms with van der Waals surface area (Å²) in [5.41, 5.74) is 0. The highest BCUT2D eigenvalue weighted by molar-refractivity contribution is 6.50. The minimum Gasteiger partial charge on any atom is -0.418 e. The minimum absolute atomic E-state index is 1.40. The van der Waals surface area contributed by atoms with E-state index in [1.54, 1.807) is 4.82 Å². The molecule has 0 heterocycles. The quantitative estimate of drug-likeness (QED) is 0.225. The zero-order valence-electron chi connectivity index (χ0n) is 6.72. The van der Waals surface area contributed by atoms with E-state index in [9.17, 15) is 17.3 Å². The first-order valence-corrected chi connectivity index (χ1v) is 2.60. The molecule has 0 aliphatic rings. The van der Waals surface area contributed by atoms with E-state index in [4.69, 9.17) is 0 Å². The lowest BCUT2D eigenvalue weighted by Crippen LogP contribution is -2.09. The normalized spacial score (nSPS) is 11.0. The summed E-state index contributed by atoms with van der Waals surface area (Å²) in [5.74, 6) is 0. The van der Waals surface area contributed by atoms with E-state index >= 15 is 0 Å². The molecule has 0 aliphatic carbocycles. The average Bonchev–Trinajstić information content (AvgIpc) is 1.88. The van der Waals surface area contributed by atoms with Crippen LogP contribution in [0.25, 0.3) is 0 Å². The molecule has 4 nitrogen and oxygen atoms in total.